The van der Waals surface area contributed by atoms with Crippen LogP contribution in [0.3, 0.4) is 0 Å². The van der Waals surface area contributed by atoms with Gasteiger partial charge in [0.15, 0.2) is 5.15 Å². The van der Waals surface area contributed by atoms with E-state index < -0.39 is 11.6 Å². The molecule has 42 heavy (non-hydrogen) atoms. The molecule has 1 atom stereocenters. The molecule has 3 aromatic heterocycles. The third-order valence-electron chi connectivity index (χ3n) is 6.63. The first-order valence-electron chi connectivity index (χ1n) is 12.8. The van der Waals surface area contributed by atoms with Gasteiger partial charge in [-0.1, -0.05) is 58.7 Å². The lowest BCUT2D eigenvalue weighted by Crippen LogP contribution is -2.34. The molecule has 0 unspecified atom stereocenters. The molecule has 0 radical (unpaired) electrons. The Morgan fingerprint density at radius 3 is 2.45 bits per heavy atom. The Labute approximate surface area is 249 Å². The summed E-state index contributed by atoms with van der Waals surface area (Å²) in [5, 5.41) is 11.5. The number of hydrogen-bond acceptors (Lipinski definition) is 6. The van der Waals surface area contributed by atoms with Gasteiger partial charge in [0.05, 0.1) is 30.2 Å². The quantitative estimate of drug-likeness (QED) is 0.251. The maximum atomic E-state index is 13.7. The van der Waals surface area contributed by atoms with E-state index in [1.165, 1.54) is 27.8 Å². The van der Waals surface area contributed by atoms with Crippen LogP contribution in [-0.4, -0.2) is 40.0 Å². The van der Waals surface area contributed by atoms with Crippen molar-refractivity contribution < 1.29 is 4.79 Å². The second-order valence-corrected chi connectivity index (χ2v) is 10.2. The van der Waals surface area contributed by atoms with Gasteiger partial charge < -0.3 is 9.88 Å². The van der Waals surface area contributed by atoms with Crippen LogP contribution >= 0.6 is 23.2 Å². The normalized spacial score (nSPS) is 11.8. The lowest BCUT2D eigenvalue weighted by molar-refractivity contribution is -0.119. The summed E-state index contributed by atoms with van der Waals surface area (Å²) in [6, 6.07) is 22.5. The summed E-state index contributed by atoms with van der Waals surface area (Å²) in [6.07, 6.45) is 8.42. The SMILES string of the molecule is O=C(Nc1ccc(-n2ccnc2)cc1)[C@H](Cc1ccccc1)n1cnc(-c2cc(Cl)ccc2-n2cc(Cl)nn2)cc1=O. The van der Waals surface area contributed by atoms with Crippen molar-refractivity contribution in [3.05, 3.63) is 136 Å². The van der Waals surface area contributed by atoms with Crippen molar-refractivity contribution in [2.24, 2.45) is 0 Å². The Kier molecular flexibility index (Phi) is 7.63. The highest BCUT2D eigenvalue weighted by molar-refractivity contribution is 6.31. The molecule has 1 N–H and O–H groups in total. The zero-order chi connectivity index (χ0) is 29.1. The molecule has 0 spiro atoms. The topological polar surface area (TPSA) is 113 Å². The number of nitrogens with one attached hydrogen (secondary N) is 1. The van der Waals surface area contributed by atoms with Crippen molar-refractivity contribution in [3.8, 4) is 22.6 Å². The zero-order valence-electron chi connectivity index (χ0n) is 21.9. The van der Waals surface area contributed by atoms with Crippen LogP contribution in [-0.2, 0) is 11.2 Å². The largest absolute Gasteiger partial charge is 0.324 e. The van der Waals surface area contributed by atoms with E-state index in [1.54, 1.807) is 42.9 Å². The minimum Gasteiger partial charge on any atom is -0.324 e. The standard InChI is InChI=1S/C30H22Cl2N8O2/c31-21-6-11-26(40-17-28(32)36-37-40)24(15-21)25-16-29(41)39(19-34-25)27(14-20-4-2-1-3-5-20)30(42)35-22-7-9-23(10-8-22)38-13-12-33-18-38/h1-13,15-19,27H,14H2,(H,35,42)/t27-/m0/s1. The third kappa shape index (κ3) is 5.85. The predicted octanol–water partition coefficient (Wildman–Crippen LogP) is 5.41. The molecule has 1 amide bonds. The summed E-state index contributed by atoms with van der Waals surface area (Å²) in [5.74, 6) is -0.355. The number of carbonyl (C=O) groups is 1. The highest BCUT2D eigenvalue weighted by Gasteiger charge is 2.24. The summed E-state index contributed by atoms with van der Waals surface area (Å²) >= 11 is 12.3. The highest BCUT2D eigenvalue weighted by atomic mass is 35.5. The maximum absolute atomic E-state index is 13.7. The molecule has 6 aromatic rings. The number of anilines is 1. The van der Waals surface area contributed by atoms with E-state index >= 15 is 0 Å². The Hall–Kier alpha value is -5.06. The number of rotatable bonds is 8. The number of halogens is 2. The molecule has 0 saturated carbocycles. The Balaban J connectivity index is 1.33. The first-order chi connectivity index (χ1) is 20.4. The Morgan fingerprint density at radius 1 is 0.952 bits per heavy atom. The second kappa shape index (κ2) is 11.8. The molecule has 12 heteroatoms. The molecular weight excluding hydrogens is 575 g/mol. The zero-order valence-corrected chi connectivity index (χ0v) is 23.4. The average Bonchev–Trinajstić information content (AvgIpc) is 3.69. The van der Waals surface area contributed by atoms with Gasteiger partial charge >= 0.3 is 0 Å². The Morgan fingerprint density at radius 2 is 1.76 bits per heavy atom. The fourth-order valence-corrected chi connectivity index (χ4v) is 4.87. The van der Waals surface area contributed by atoms with Gasteiger partial charge in [-0.2, -0.15) is 0 Å². The fourth-order valence-electron chi connectivity index (χ4n) is 4.57. The van der Waals surface area contributed by atoms with Crippen molar-refractivity contribution in [2.45, 2.75) is 12.5 Å². The average molecular weight is 597 g/mol. The van der Waals surface area contributed by atoms with E-state index in [0.29, 0.717) is 27.7 Å². The van der Waals surface area contributed by atoms with Crippen molar-refractivity contribution in [3.63, 3.8) is 0 Å². The molecular formula is C30H22Cl2N8O2. The van der Waals surface area contributed by atoms with E-state index in [-0.39, 0.29) is 17.5 Å². The van der Waals surface area contributed by atoms with E-state index in [4.69, 9.17) is 23.2 Å². The lowest BCUT2D eigenvalue weighted by Gasteiger charge is -2.20. The van der Waals surface area contributed by atoms with Gasteiger partial charge in [-0.05, 0) is 48.0 Å². The molecule has 0 fully saturated rings. The van der Waals surface area contributed by atoms with Crippen LogP contribution in [0.2, 0.25) is 10.2 Å². The molecule has 10 nitrogen and oxygen atoms in total. The van der Waals surface area contributed by atoms with E-state index in [9.17, 15) is 9.59 Å². The first kappa shape index (κ1) is 27.1. The molecule has 3 aromatic carbocycles. The summed E-state index contributed by atoms with van der Waals surface area (Å²) in [7, 11) is 0. The van der Waals surface area contributed by atoms with Crippen molar-refractivity contribution in [1.82, 2.24) is 34.1 Å². The molecule has 6 rings (SSSR count). The minimum absolute atomic E-state index is 0.213. The number of amides is 1. The van der Waals surface area contributed by atoms with Crippen molar-refractivity contribution >= 4 is 34.8 Å². The predicted molar refractivity (Wildman–Crippen MR) is 160 cm³/mol. The molecule has 0 bridgehead atoms. The van der Waals surface area contributed by atoms with Gasteiger partial charge in [0.1, 0.15) is 6.04 Å². The first-order valence-corrected chi connectivity index (χ1v) is 13.6. The van der Waals surface area contributed by atoms with Crippen molar-refractivity contribution in [2.75, 3.05) is 5.32 Å². The van der Waals surface area contributed by atoms with Crippen molar-refractivity contribution in [1.29, 1.82) is 0 Å². The van der Waals surface area contributed by atoms with E-state index in [1.807, 2.05) is 53.2 Å². The molecule has 3 heterocycles. The molecule has 208 valence electrons. The smallest absolute Gasteiger partial charge is 0.254 e. The monoisotopic (exact) mass is 596 g/mol. The van der Waals surface area contributed by atoms with Gasteiger partial charge in [0, 0.05) is 46.8 Å². The van der Waals surface area contributed by atoms with Gasteiger partial charge in [-0.25, -0.2) is 14.6 Å². The number of imidazole rings is 1. The second-order valence-electron chi connectivity index (χ2n) is 9.38. The van der Waals surface area contributed by atoms with Crippen LogP contribution in [0.1, 0.15) is 11.6 Å². The number of aromatic nitrogens is 7. The highest BCUT2D eigenvalue weighted by Crippen LogP contribution is 2.28. The lowest BCUT2D eigenvalue weighted by atomic mass is 10.0. The third-order valence-corrected chi connectivity index (χ3v) is 7.04. The summed E-state index contributed by atoms with van der Waals surface area (Å²) in [4.78, 5) is 35.8. The van der Waals surface area contributed by atoms with Crippen LogP contribution < -0.4 is 10.9 Å². The van der Waals surface area contributed by atoms with Crippen LogP contribution in [0.4, 0.5) is 5.69 Å². The summed E-state index contributed by atoms with van der Waals surface area (Å²) < 4.78 is 4.67. The van der Waals surface area contributed by atoms with E-state index in [2.05, 4.69) is 25.6 Å². The number of carbonyl (C=O) groups excluding carboxylic acids is 1. The van der Waals surface area contributed by atoms with Crippen LogP contribution in [0.25, 0.3) is 22.6 Å². The van der Waals surface area contributed by atoms with Gasteiger partial charge in [0.25, 0.3) is 5.56 Å². The van der Waals surface area contributed by atoms with Crippen LogP contribution in [0.5, 0.6) is 0 Å². The van der Waals surface area contributed by atoms with Gasteiger partial charge in [-0.15, -0.1) is 5.10 Å². The Bertz CT molecular complexity index is 1900. The summed E-state index contributed by atoms with van der Waals surface area (Å²) in [6.45, 7) is 0. The molecule has 0 aliphatic rings. The fraction of sp³-hybridized carbons (Fsp3) is 0.0667. The number of benzene rings is 3. The van der Waals surface area contributed by atoms with Gasteiger partial charge in [0.2, 0.25) is 5.91 Å². The van der Waals surface area contributed by atoms with Crippen LogP contribution in [0, 0.1) is 0 Å². The maximum Gasteiger partial charge on any atom is 0.254 e. The number of nitrogens with zero attached hydrogens (tertiary/aromatic N) is 7. The molecule has 0 aliphatic carbocycles. The molecule has 0 aliphatic heterocycles. The number of hydrogen-bond donors (Lipinski definition) is 1. The minimum atomic E-state index is -0.872. The van der Waals surface area contributed by atoms with Gasteiger partial charge in [-0.3, -0.25) is 14.2 Å². The van der Waals surface area contributed by atoms with E-state index in [0.717, 1.165) is 11.3 Å². The van der Waals surface area contributed by atoms with Crippen LogP contribution in [0.15, 0.2) is 115 Å². The molecule has 0 saturated heterocycles. The summed E-state index contributed by atoms with van der Waals surface area (Å²) in [5.41, 5.74) is 3.47.